The zero-order valence-electron chi connectivity index (χ0n) is 18.8. The van der Waals surface area contributed by atoms with E-state index in [2.05, 4.69) is 25.2 Å². The van der Waals surface area contributed by atoms with Crippen LogP contribution in [0.1, 0.15) is 39.3 Å². The minimum atomic E-state index is -0.457. The predicted octanol–water partition coefficient (Wildman–Crippen LogP) is 3.58. The molecule has 3 aromatic rings. The molecule has 0 saturated heterocycles. The number of anilines is 1. The quantitative estimate of drug-likeness (QED) is 0.514. The van der Waals surface area contributed by atoms with Crippen LogP contribution in [0.25, 0.3) is 17.0 Å². The minimum absolute atomic E-state index is 0.0109. The number of methoxy groups -OCH3 is 3. The van der Waals surface area contributed by atoms with Crippen molar-refractivity contribution >= 4 is 34.8 Å². The van der Waals surface area contributed by atoms with Crippen LogP contribution in [0.2, 0.25) is 5.02 Å². The van der Waals surface area contributed by atoms with Crippen molar-refractivity contribution in [3.8, 4) is 22.9 Å². The summed E-state index contributed by atoms with van der Waals surface area (Å²) in [4.78, 5) is 26.6. The zero-order chi connectivity index (χ0) is 23.6. The Bertz CT molecular complexity index is 1140. The molecule has 32 heavy (non-hydrogen) atoms. The van der Waals surface area contributed by atoms with Gasteiger partial charge < -0.3 is 24.5 Å². The van der Waals surface area contributed by atoms with Crippen molar-refractivity contribution in [2.75, 3.05) is 26.6 Å². The van der Waals surface area contributed by atoms with Crippen molar-refractivity contribution in [2.45, 2.75) is 39.0 Å². The Morgan fingerprint density at radius 2 is 1.72 bits per heavy atom. The predicted molar refractivity (Wildman–Crippen MR) is 119 cm³/mol. The monoisotopic (exact) mass is 463 g/mol. The highest BCUT2D eigenvalue weighted by molar-refractivity contribution is 6.34. The second-order valence-corrected chi connectivity index (χ2v) is 8.48. The van der Waals surface area contributed by atoms with Gasteiger partial charge in [-0.3, -0.25) is 9.59 Å². The van der Waals surface area contributed by atoms with E-state index in [1.807, 2.05) is 20.8 Å². The molecule has 0 atom stereocenters. The molecular weight excluding hydrogens is 438 g/mol. The van der Waals surface area contributed by atoms with Gasteiger partial charge in [-0.1, -0.05) is 32.4 Å². The van der Waals surface area contributed by atoms with Crippen LogP contribution in [0, 0.1) is 0 Å². The van der Waals surface area contributed by atoms with Gasteiger partial charge in [0.05, 0.1) is 33.4 Å². The minimum Gasteiger partial charge on any atom is -0.496 e. The molecule has 0 aliphatic heterocycles. The summed E-state index contributed by atoms with van der Waals surface area (Å²) in [5.41, 5.74) is 2.03. The molecular formula is C21H26ClN5O5. The average molecular weight is 464 g/mol. The van der Waals surface area contributed by atoms with Crippen molar-refractivity contribution in [2.24, 2.45) is 0 Å². The molecule has 0 aliphatic carbocycles. The molecule has 0 fully saturated rings. The van der Waals surface area contributed by atoms with Crippen LogP contribution in [0.5, 0.6) is 11.5 Å². The van der Waals surface area contributed by atoms with Gasteiger partial charge in [-0.15, -0.1) is 9.73 Å². The summed E-state index contributed by atoms with van der Waals surface area (Å²) in [6, 6.07) is 3.28. The molecule has 0 aliphatic rings. The average Bonchev–Trinajstić information content (AvgIpc) is 3.30. The van der Waals surface area contributed by atoms with E-state index >= 15 is 0 Å². The summed E-state index contributed by atoms with van der Waals surface area (Å²) in [6.07, 6.45) is -0.0265. The van der Waals surface area contributed by atoms with Crippen LogP contribution >= 0.6 is 11.6 Å². The third-order valence-electron chi connectivity index (χ3n) is 4.76. The van der Waals surface area contributed by atoms with E-state index in [0.717, 1.165) is 5.69 Å². The number of esters is 1. The van der Waals surface area contributed by atoms with Crippen LogP contribution < -0.4 is 14.8 Å². The first kappa shape index (κ1) is 23.4. The Morgan fingerprint density at radius 1 is 1.09 bits per heavy atom. The van der Waals surface area contributed by atoms with Gasteiger partial charge in [0.25, 0.3) is 0 Å². The van der Waals surface area contributed by atoms with E-state index in [1.165, 1.54) is 26.0 Å². The SMILES string of the molecule is COC(=O)CCC(=O)Nc1cc(OC)c(-c2nn3nc(C(C)(C)C)c(Cl)c3[nH]2)c(OC)c1. The number of fused-ring (bicyclic) bond motifs is 1. The number of nitrogens with zero attached hydrogens (tertiary/aromatic N) is 3. The molecule has 172 valence electrons. The number of amides is 1. The fourth-order valence-corrected chi connectivity index (χ4v) is 3.59. The fourth-order valence-electron chi connectivity index (χ4n) is 3.15. The number of halogens is 1. The molecule has 10 nitrogen and oxygen atoms in total. The smallest absolute Gasteiger partial charge is 0.306 e. The fraction of sp³-hybridized carbons (Fsp3) is 0.429. The molecule has 1 amide bonds. The maximum absolute atomic E-state index is 12.2. The van der Waals surface area contributed by atoms with Crippen molar-refractivity contribution in [1.29, 1.82) is 0 Å². The number of carbonyl (C=O) groups excluding carboxylic acids is 2. The summed E-state index contributed by atoms with van der Waals surface area (Å²) in [5, 5.41) is 12.2. The number of ether oxygens (including phenoxy) is 3. The molecule has 0 bridgehead atoms. The molecule has 2 N–H and O–H groups in total. The van der Waals surface area contributed by atoms with Gasteiger partial charge in [-0.05, 0) is 0 Å². The Kier molecular flexibility index (Phi) is 6.63. The maximum Gasteiger partial charge on any atom is 0.306 e. The molecule has 0 spiro atoms. The van der Waals surface area contributed by atoms with Crippen LogP contribution in [0.15, 0.2) is 12.1 Å². The van der Waals surface area contributed by atoms with Gasteiger partial charge in [0, 0.05) is 29.7 Å². The Balaban J connectivity index is 1.96. The lowest BCUT2D eigenvalue weighted by molar-refractivity contribution is -0.141. The topological polar surface area (TPSA) is 120 Å². The first-order chi connectivity index (χ1) is 15.1. The normalized spacial score (nSPS) is 11.5. The largest absolute Gasteiger partial charge is 0.496 e. The number of aromatic nitrogens is 4. The summed E-state index contributed by atoms with van der Waals surface area (Å²) in [5.74, 6) is 0.465. The lowest BCUT2D eigenvalue weighted by atomic mass is 9.92. The Labute approximate surface area is 190 Å². The van der Waals surface area contributed by atoms with E-state index in [-0.39, 0.29) is 24.2 Å². The zero-order valence-corrected chi connectivity index (χ0v) is 19.6. The molecule has 11 heteroatoms. The van der Waals surface area contributed by atoms with Gasteiger partial charge >= 0.3 is 5.97 Å². The third kappa shape index (κ3) is 4.64. The van der Waals surface area contributed by atoms with Crippen LogP contribution in [0.4, 0.5) is 5.69 Å². The summed E-state index contributed by atoms with van der Waals surface area (Å²) in [6.45, 7) is 6.06. The highest BCUT2D eigenvalue weighted by Gasteiger charge is 2.27. The number of rotatable bonds is 7. The van der Waals surface area contributed by atoms with Crippen molar-refractivity contribution in [1.82, 2.24) is 19.8 Å². The first-order valence-corrected chi connectivity index (χ1v) is 10.2. The van der Waals surface area contributed by atoms with Crippen LogP contribution in [-0.2, 0) is 19.7 Å². The maximum atomic E-state index is 12.2. The second kappa shape index (κ2) is 9.07. The van der Waals surface area contributed by atoms with E-state index < -0.39 is 5.97 Å². The van der Waals surface area contributed by atoms with Gasteiger partial charge in [0.15, 0.2) is 11.5 Å². The number of nitrogens with one attached hydrogen (secondary N) is 2. The van der Waals surface area contributed by atoms with Crippen molar-refractivity contribution in [3.63, 3.8) is 0 Å². The number of H-pyrrole nitrogens is 1. The molecule has 0 saturated carbocycles. The van der Waals surface area contributed by atoms with E-state index in [0.29, 0.717) is 39.2 Å². The second-order valence-electron chi connectivity index (χ2n) is 8.10. The Hall–Kier alpha value is -3.27. The van der Waals surface area contributed by atoms with E-state index in [1.54, 1.807) is 12.1 Å². The highest BCUT2D eigenvalue weighted by atomic mass is 35.5. The number of carbonyl (C=O) groups is 2. The highest BCUT2D eigenvalue weighted by Crippen LogP contribution is 2.41. The molecule has 3 rings (SSSR count). The number of hydrogen-bond donors (Lipinski definition) is 2. The van der Waals surface area contributed by atoms with E-state index in [4.69, 9.17) is 21.1 Å². The van der Waals surface area contributed by atoms with Gasteiger partial charge in [-0.2, -0.15) is 5.10 Å². The number of aromatic amines is 1. The van der Waals surface area contributed by atoms with Crippen LogP contribution in [-0.4, -0.2) is 53.0 Å². The first-order valence-electron chi connectivity index (χ1n) is 9.87. The van der Waals surface area contributed by atoms with Gasteiger partial charge in [-0.25, -0.2) is 0 Å². The van der Waals surface area contributed by atoms with Crippen LogP contribution in [0.3, 0.4) is 0 Å². The number of hydrogen-bond acceptors (Lipinski definition) is 7. The van der Waals surface area contributed by atoms with Crippen molar-refractivity contribution < 1.29 is 23.8 Å². The molecule has 0 radical (unpaired) electrons. The third-order valence-corrected chi connectivity index (χ3v) is 5.12. The Morgan fingerprint density at radius 3 is 2.22 bits per heavy atom. The van der Waals surface area contributed by atoms with E-state index in [9.17, 15) is 9.59 Å². The summed E-state index contributed by atoms with van der Waals surface area (Å²) in [7, 11) is 4.28. The summed E-state index contributed by atoms with van der Waals surface area (Å²) < 4.78 is 17.1. The molecule has 2 aromatic heterocycles. The standard InChI is InChI=1S/C21H26ClN5O5/c1-21(2,3)18-17(22)20-24-19(26-27(20)25-18)16-12(30-4)9-11(10-13(16)31-5)23-14(28)7-8-15(29)32-6/h9-10H,7-8H2,1-6H3,(H,23,28)(H,24,26). The van der Waals surface area contributed by atoms with Gasteiger partial charge in [0.1, 0.15) is 22.1 Å². The molecule has 0 unspecified atom stereocenters. The lowest BCUT2D eigenvalue weighted by Gasteiger charge is -2.15. The number of benzene rings is 1. The molecule has 1 aromatic carbocycles. The molecule has 2 heterocycles. The van der Waals surface area contributed by atoms with Crippen molar-refractivity contribution in [3.05, 3.63) is 22.8 Å². The lowest BCUT2D eigenvalue weighted by Crippen LogP contribution is -2.14. The summed E-state index contributed by atoms with van der Waals surface area (Å²) >= 11 is 6.54. The van der Waals surface area contributed by atoms with Gasteiger partial charge in [0.2, 0.25) is 5.91 Å².